The lowest BCUT2D eigenvalue weighted by atomic mass is 10.1. The molecule has 0 radical (unpaired) electrons. The Kier molecular flexibility index (Phi) is 6.86. The van der Waals surface area contributed by atoms with E-state index in [2.05, 4.69) is 10.2 Å². The molecule has 1 N–H and O–H groups in total. The van der Waals surface area contributed by atoms with Crippen LogP contribution >= 0.6 is 0 Å². The molecule has 5 heteroatoms. The summed E-state index contributed by atoms with van der Waals surface area (Å²) in [5, 5.41) is 2.97. The zero-order chi connectivity index (χ0) is 18.5. The summed E-state index contributed by atoms with van der Waals surface area (Å²) in [5.74, 6) is -0.0954. The van der Waals surface area contributed by atoms with Gasteiger partial charge in [0.2, 0.25) is 6.54 Å². The van der Waals surface area contributed by atoms with E-state index in [0.29, 0.717) is 5.69 Å². The van der Waals surface area contributed by atoms with Gasteiger partial charge in [0.1, 0.15) is 0 Å². The van der Waals surface area contributed by atoms with Crippen molar-refractivity contribution >= 4 is 17.3 Å². The van der Waals surface area contributed by atoms with Crippen molar-refractivity contribution in [1.82, 2.24) is 0 Å². The topological polar surface area (TPSA) is 37.3 Å². The van der Waals surface area contributed by atoms with Crippen LogP contribution in [0.15, 0.2) is 67.0 Å². The molecule has 0 atom stereocenters. The van der Waals surface area contributed by atoms with Crippen LogP contribution in [0.4, 0.5) is 11.4 Å². The highest BCUT2D eigenvalue weighted by molar-refractivity contribution is 5.91. The Morgan fingerprint density at radius 2 is 1.67 bits per heavy atom. The Labute approximate surface area is 170 Å². The van der Waals surface area contributed by atoms with Crippen molar-refractivity contribution in [1.29, 1.82) is 0 Å². The van der Waals surface area contributed by atoms with Gasteiger partial charge in [-0.25, -0.2) is 4.85 Å². The molecular formula is C22H20BrN3O. The van der Waals surface area contributed by atoms with Crippen molar-refractivity contribution in [3.63, 3.8) is 0 Å². The maximum Gasteiger partial charge on any atom is 0.290 e. The third-order valence-corrected chi connectivity index (χ3v) is 4.20. The number of halogens is 1. The zero-order valence-electron chi connectivity index (χ0n) is 15.2. The summed E-state index contributed by atoms with van der Waals surface area (Å²) in [6, 6.07) is 17.6. The Bertz CT molecular complexity index is 971. The standard InChI is InChI=1S/C22H19N3O.BrH/c1-16-12-20(23-3)13-17(2)22(16)24-21(26)15-25-11-7-10-19(14-25)18-8-5-4-6-9-18;/h4-14H,15H2,1-2H3;1H. The lowest BCUT2D eigenvalue weighted by Crippen LogP contribution is -3.00. The minimum absolute atomic E-state index is 0. The molecule has 0 bridgehead atoms. The fourth-order valence-corrected chi connectivity index (χ4v) is 2.97. The van der Waals surface area contributed by atoms with Gasteiger partial charge < -0.3 is 22.3 Å². The number of amides is 1. The second-order valence-electron chi connectivity index (χ2n) is 6.25. The SMILES string of the molecule is [Br-].[C-]#[N+]c1cc(C)c(NC(=O)C[n+]2cccc(-c3ccccc3)c2)c(C)c1. The predicted octanol–water partition coefficient (Wildman–Crippen LogP) is 1.45. The van der Waals surface area contributed by atoms with Crippen molar-refractivity contribution in [3.8, 4) is 11.1 Å². The van der Waals surface area contributed by atoms with Crippen molar-refractivity contribution < 1.29 is 26.3 Å². The maximum atomic E-state index is 12.5. The molecule has 4 nitrogen and oxygen atoms in total. The summed E-state index contributed by atoms with van der Waals surface area (Å²) in [6.07, 6.45) is 3.85. The maximum absolute atomic E-state index is 12.5. The lowest BCUT2D eigenvalue weighted by Gasteiger charge is -2.11. The van der Waals surface area contributed by atoms with Gasteiger partial charge in [-0.1, -0.05) is 42.5 Å². The number of carbonyl (C=O) groups excluding carboxylic acids is 1. The van der Waals surface area contributed by atoms with Crippen LogP contribution in [0.1, 0.15) is 11.1 Å². The number of aryl methyl sites for hydroxylation is 2. The molecule has 1 amide bonds. The average Bonchev–Trinajstić information content (AvgIpc) is 2.65. The molecule has 1 aromatic heterocycles. The van der Waals surface area contributed by atoms with Crippen LogP contribution in [0.2, 0.25) is 0 Å². The van der Waals surface area contributed by atoms with Gasteiger partial charge in [-0.3, -0.25) is 4.79 Å². The number of hydrogen-bond acceptors (Lipinski definition) is 1. The van der Waals surface area contributed by atoms with Crippen molar-refractivity contribution in [2.75, 3.05) is 5.32 Å². The Morgan fingerprint density at radius 3 is 2.30 bits per heavy atom. The molecular weight excluding hydrogens is 402 g/mol. The second kappa shape index (κ2) is 9.11. The third kappa shape index (κ3) is 5.02. The van der Waals surface area contributed by atoms with Gasteiger partial charge in [0.05, 0.1) is 6.57 Å². The summed E-state index contributed by atoms with van der Waals surface area (Å²) in [6.45, 7) is 11.2. The number of nitrogens with zero attached hydrogens (tertiary/aromatic N) is 2. The first-order valence-electron chi connectivity index (χ1n) is 8.40. The number of aromatic nitrogens is 1. The summed E-state index contributed by atoms with van der Waals surface area (Å²) in [4.78, 5) is 15.9. The molecule has 0 unspecified atom stereocenters. The molecule has 3 aromatic rings. The van der Waals surface area contributed by atoms with Gasteiger partial charge in [-0.2, -0.15) is 4.57 Å². The molecule has 27 heavy (non-hydrogen) atoms. The number of nitrogens with one attached hydrogen (secondary N) is 1. The summed E-state index contributed by atoms with van der Waals surface area (Å²) < 4.78 is 1.87. The Hall–Kier alpha value is -2.97. The van der Waals surface area contributed by atoms with Gasteiger partial charge in [0.15, 0.2) is 18.1 Å². The summed E-state index contributed by atoms with van der Waals surface area (Å²) in [7, 11) is 0. The summed E-state index contributed by atoms with van der Waals surface area (Å²) in [5.41, 5.74) is 5.34. The van der Waals surface area contributed by atoms with E-state index in [-0.39, 0.29) is 29.4 Å². The molecule has 0 saturated carbocycles. The van der Waals surface area contributed by atoms with E-state index < -0.39 is 0 Å². The molecule has 2 aromatic carbocycles. The molecule has 0 fully saturated rings. The van der Waals surface area contributed by atoms with Crippen LogP contribution < -0.4 is 26.9 Å². The van der Waals surface area contributed by atoms with E-state index in [0.717, 1.165) is 27.9 Å². The molecule has 136 valence electrons. The van der Waals surface area contributed by atoms with E-state index in [4.69, 9.17) is 6.57 Å². The number of carbonyl (C=O) groups is 1. The number of pyridine rings is 1. The first kappa shape index (κ1) is 20.3. The highest BCUT2D eigenvalue weighted by Gasteiger charge is 2.14. The Morgan fingerprint density at radius 1 is 1.04 bits per heavy atom. The van der Waals surface area contributed by atoms with Gasteiger partial charge in [-0.05, 0) is 36.6 Å². The lowest BCUT2D eigenvalue weighted by molar-refractivity contribution is -0.683. The minimum atomic E-state index is -0.0954. The number of anilines is 1. The molecule has 3 rings (SSSR count). The quantitative estimate of drug-likeness (QED) is 0.502. The van der Waals surface area contributed by atoms with Crippen LogP contribution in [-0.4, -0.2) is 5.91 Å². The highest BCUT2D eigenvalue weighted by Crippen LogP contribution is 2.26. The average molecular weight is 422 g/mol. The van der Waals surface area contributed by atoms with Gasteiger partial charge in [-0.15, -0.1) is 0 Å². The molecule has 0 aliphatic rings. The van der Waals surface area contributed by atoms with E-state index >= 15 is 0 Å². The second-order valence-corrected chi connectivity index (χ2v) is 6.25. The normalized spacial score (nSPS) is 9.81. The number of rotatable bonds is 4. The minimum Gasteiger partial charge on any atom is -1.00 e. The molecule has 0 aliphatic heterocycles. The van der Waals surface area contributed by atoms with E-state index in [1.54, 1.807) is 12.1 Å². The zero-order valence-corrected chi connectivity index (χ0v) is 16.8. The van der Waals surface area contributed by atoms with Gasteiger partial charge in [0.25, 0.3) is 5.91 Å². The fourth-order valence-electron chi connectivity index (χ4n) is 2.97. The van der Waals surface area contributed by atoms with Crippen LogP contribution in [0, 0.1) is 20.4 Å². The molecule has 0 spiro atoms. The smallest absolute Gasteiger partial charge is 0.290 e. The van der Waals surface area contributed by atoms with Crippen LogP contribution in [0.5, 0.6) is 0 Å². The number of hydrogen-bond donors (Lipinski definition) is 1. The Balaban J connectivity index is 0.00000261. The first-order valence-corrected chi connectivity index (χ1v) is 8.40. The molecule has 0 aliphatic carbocycles. The van der Waals surface area contributed by atoms with Crippen LogP contribution in [-0.2, 0) is 11.3 Å². The monoisotopic (exact) mass is 421 g/mol. The predicted molar refractivity (Wildman–Crippen MR) is 103 cm³/mol. The van der Waals surface area contributed by atoms with E-state index in [9.17, 15) is 4.79 Å². The van der Waals surface area contributed by atoms with E-state index in [1.807, 2.05) is 73.3 Å². The number of benzene rings is 2. The van der Waals surface area contributed by atoms with Gasteiger partial charge in [0, 0.05) is 17.3 Å². The molecule has 1 heterocycles. The third-order valence-electron chi connectivity index (χ3n) is 4.20. The fraction of sp³-hybridized carbons (Fsp3) is 0.136. The first-order chi connectivity index (χ1) is 12.6. The van der Waals surface area contributed by atoms with Crippen LogP contribution in [0.3, 0.4) is 0 Å². The van der Waals surface area contributed by atoms with Crippen molar-refractivity contribution in [3.05, 3.63) is 89.5 Å². The van der Waals surface area contributed by atoms with Gasteiger partial charge >= 0.3 is 0 Å². The largest absolute Gasteiger partial charge is 1.00 e. The summed E-state index contributed by atoms with van der Waals surface area (Å²) >= 11 is 0. The van der Waals surface area contributed by atoms with E-state index in [1.165, 1.54) is 0 Å². The van der Waals surface area contributed by atoms with Crippen molar-refractivity contribution in [2.45, 2.75) is 20.4 Å². The van der Waals surface area contributed by atoms with Crippen LogP contribution in [0.25, 0.3) is 16.0 Å². The highest BCUT2D eigenvalue weighted by atomic mass is 79.9. The van der Waals surface area contributed by atoms with Crippen molar-refractivity contribution in [2.24, 2.45) is 0 Å². The molecule has 0 saturated heterocycles.